The molecule has 0 fully saturated rings. The quantitative estimate of drug-likeness (QED) is 0.652. The molecular weight excluding hydrogens is 367 g/mol. The second-order valence-electron chi connectivity index (χ2n) is 6.80. The highest BCUT2D eigenvalue weighted by Crippen LogP contribution is 2.24. The SMILES string of the molecule is Cn1cnc2c1c(=O)n(CC(=O)Nc1ccc3c(c1F)CCNC3)c(=O)n2C. The summed E-state index contributed by atoms with van der Waals surface area (Å²) in [5.74, 6) is -1.14. The third kappa shape index (κ3) is 2.82. The molecule has 0 radical (unpaired) electrons. The summed E-state index contributed by atoms with van der Waals surface area (Å²) in [7, 11) is 3.10. The lowest BCUT2D eigenvalue weighted by atomic mass is 9.99. The van der Waals surface area contributed by atoms with Gasteiger partial charge in [0, 0.05) is 20.6 Å². The number of hydrogen-bond acceptors (Lipinski definition) is 5. The van der Waals surface area contributed by atoms with Crippen molar-refractivity contribution in [2.45, 2.75) is 19.5 Å². The fourth-order valence-corrected chi connectivity index (χ4v) is 3.50. The molecule has 3 aromatic rings. The normalized spacial score (nSPS) is 13.5. The van der Waals surface area contributed by atoms with Gasteiger partial charge >= 0.3 is 5.69 Å². The molecule has 0 unspecified atom stereocenters. The molecule has 0 atom stereocenters. The van der Waals surface area contributed by atoms with Crippen LogP contribution in [0.3, 0.4) is 0 Å². The number of amides is 1. The van der Waals surface area contributed by atoms with E-state index in [0.717, 1.165) is 10.1 Å². The lowest BCUT2D eigenvalue weighted by Crippen LogP contribution is -2.42. The fourth-order valence-electron chi connectivity index (χ4n) is 3.50. The number of imidazole rings is 1. The largest absolute Gasteiger partial charge is 0.332 e. The highest BCUT2D eigenvalue weighted by molar-refractivity contribution is 5.91. The smallest absolute Gasteiger partial charge is 0.328 e. The third-order valence-electron chi connectivity index (χ3n) is 4.98. The number of aromatic nitrogens is 4. The Hall–Kier alpha value is -3.27. The maximum absolute atomic E-state index is 14.7. The van der Waals surface area contributed by atoms with Gasteiger partial charge in [0.05, 0.1) is 12.0 Å². The Balaban J connectivity index is 1.66. The lowest BCUT2D eigenvalue weighted by molar-refractivity contribution is -0.116. The molecule has 1 aliphatic heterocycles. The molecule has 1 aliphatic rings. The maximum atomic E-state index is 14.7. The predicted octanol–water partition coefficient (Wildman–Crippen LogP) is -0.143. The number of fused-ring (bicyclic) bond motifs is 2. The summed E-state index contributed by atoms with van der Waals surface area (Å²) >= 11 is 0. The zero-order valence-corrected chi connectivity index (χ0v) is 15.5. The summed E-state index contributed by atoms with van der Waals surface area (Å²) in [6, 6.07) is 3.25. The van der Waals surface area contributed by atoms with Crippen molar-refractivity contribution in [3.8, 4) is 0 Å². The summed E-state index contributed by atoms with van der Waals surface area (Å²) in [5.41, 5.74) is 0.631. The van der Waals surface area contributed by atoms with Crippen molar-refractivity contribution >= 4 is 22.8 Å². The van der Waals surface area contributed by atoms with Crippen LogP contribution in [0, 0.1) is 5.82 Å². The van der Waals surface area contributed by atoms with Gasteiger partial charge in [-0.25, -0.2) is 18.7 Å². The number of anilines is 1. The second-order valence-corrected chi connectivity index (χ2v) is 6.80. The molecule has 10 heteroatoms. The first-order chi connectivity index (χ1) is 13.4. The highest BCUT2D eigenvalue weighted by atomic mass is 19.1. The first-order valence-corrected chi connectivity index (χ1v) is 8.80. The van der Waals surface area contributed by atoms with Crippen molar-refractivity contribution in [1.29, 1.82) is 0 Å². The molecule has 0 saturated heterocycles. The zero-order valence-electron chi connectivity index (χ0n) is 15.5. The average molecular weight is 386 g/mol. The highest BCUT2D eigenvalue weighted by Gasteiger charge is 2.20. The van der Waals surface area contributed by atoms with E-state index in [-0.39, 0.29) is 16.9 Å². The summed E-state index contributed by atoms with van der Waals surface area (Å²) in [4.78, 5) is 41.6. The Bertz CT molecular complexity index is 1220. The molecule has 146 valence electrons. The van der Waals surface area contributed by atoms with E-state index in [1.807, 2.05) is 0 Å². The summed E-state index contributed by atoms with van der Waals surface area (Å²) < 4.78 is 18.2. The summed E-state index contributed by atoms with van der Waals surface area (Å²) in [5, 5.41) is 5.63. The van der Waals surface area contributed by atoms with Crippen molar-refractivity contribution in [2.24, 2.45) is 14.1 Å². The number of rotatable bonds is 3. The van der Waals surface area contributed by atoms with E-state index in [1.165, 1.54) is 28.6 Å². The van der Waals surface area contributed by atoms with Crippen LogP contribution in [-0.4, -0.2) is 31.1 Å². The van der Waals surface area contributed by atoms with Crippen LogP contribution in [0.5, 0.6) is 0 Å². The number of nitrogens with zero attached hydrogens (tertiary/aromatic N) is 4. The van der Waals surface area contributed by atoms with Gasteiger partial charge < -0.3 is 15.2 Å². The van der Waals surface area contributed by atoms with Gasteiger partial charge in [-0.1, -0.05) is 6.07 Å². The third-order valence-corrected chi connectivity index (χ3v) is 4.98. The number of carbonyl (C=O) groups excluding carboxylic acids is 1. The van der Waals surface area contributed by atoms with Gasteiger partial charge in [0.25, 0.3) is 5.56 Å². The van der Waals surface area contributed by atoms with E-state index < -0.39 is 29.5 Å². The van der Waals surface area contributed by atoms with Crippen molar-refractivity contribution < 1.29 is 9.18 Å². The first kappa shape index (κ1) is 18.1. The molecule has 0 spiro atoms. The van der Waals surface area contributed by atoms with Crippen molar-refractivity contribution in [1.82, 2.24) is 24.0 Å². The Morgan fingerprint density at radius 3 is 2.89 bits per heavy atom. The number of nitrogens with one attached hydrogen (secondary N) is 2. The van der Waals surface area contributed by atoms with Gasteiger partial charge in [-0.05, 0) is 30.2 Å². The van der Waals surface area contributed by atoms with Crippen LogP contribution < -0.4 is 21.9 Å². The standard InChI is InChI=1S/C18H19FN6O3/c1-23-9-21-16-15(23)17(27)25(18(28)24(16)2)8-13(26)22-12-4-3-10-7-20-6-5-11(10)14(12)19/h3-4,9,20H,5-8H2,1-2H3,(H,22,26). The molecule has 0 saturated carbocycles. The molecule has 1 aromatic carbocycles. The van der Waals surface area contributed by atoms with E-state index in [4.69, 9.17) is 0 Å². The van der Waals surface area contributed by atoms with Crippen LogP contribution in [0.25, 0.3) is 11.2 Å². The molecule has 2 aromatic heterocycles. The molecule has 9 nitrogen and oxygen atoms in total. The van der Waals surface area contributed by atoms with Crippen molar-refractivity contribution in [3.63, 3.8) is 0 Å². The molecule has 28 heavy (non-hydrogen) atoms. The van der Waals surface area contributed by atoms with E-state index in [9.17, 15) is 18.8 Å². The van der Waals surface area contributed by atoms with E-state index >= 15 is 0 Å². The Labute approximate surface area is 158 Å². The minimum atomic E-state index is -0.664. The van der Waals surface area contributed by atoms with Gasteiger partial charge in [-0.3, -0.25) is 14.2 Å². The molecule has 1 amide bonds. The van der Waals surface area contributed by atoms with E-state index in [1.54, 1.807) is 13.1 Å². The molecular formula is C18H19FN6O3. The Morgan fingerprint density at radius 2 is 2.11 bits per heavy atom. The number of benzene rings is 1. The number of aryl methyl sites for hydroxylation is 2. The first-order valence-electron chi connectivity index (χ1n) is 8.80. The van der Waals surface area contributed by atoms with E-state index in [2.05, 4.69) is 15.6 Å². The zero-order chi connectivity index (χ0) is 20.0. The van der Waals surface area contributed by atoms with Gasteiger partial charge in [0.2, 0.25) is 5.91 Å². The minimum absolute atomic E-state index is 0.0390. The second kappa shape index (κ2) is 6.71. The van der Waals surface area contributed by atoms with Gasteiger partial charge in [-0.2, -0.15) is 0 Å². The molecule has 3 heterocycles. The maximum Gasteiger partial charge on any atom is 0.332 e. The summed E-state index contributed by atoms with van der Waals surface area (Å²) in [6.07, 6.45) is 1.95. The molecule has 4 rings (SSSR count). The lowest BCUT2D eigenvalue weighted by Gasteiger charge is -2.19. The van der Waals surface area contributed by atoms with Crippen LogP contribution in [0.4, 0.5) is 10.1 Å². The van der Waals surface area contributed by atoms with Gasteiger partial charge in [0.15, 0.2) is 11.2 Å². The fraction of sp³-hybridized carbons (Fsp3) is 0.333. The number of hydrogen-bond donors (Lipinski definition) is 2. The van der Waals surface area contributed by atoms with Gasteiger partial charge in [-0.15, -0.1) is 0 Å². The van der Waals surface area contributed by atoms with Crippen LogP contribution in [0.1, 0.15) is 11.1 Å². The number of halogens is 1. The van der Waals surface area contributed by atoms with Crippen molar-refractivity contribution in [3.05, 3.63) is 56.2 Å². The van der Waals surface area contributed by atoms with Crippen LogP contribution in [0.2, 0.25) is 0 Å². The predicted molar refractivity (Wildman–Crippen MR) is 101 cm³/mol. The summed E-state index contributed by atoms with van der Waals surface area (Å²) in [6.45, 7) is 0.721. The monoisotopic (exact) mass is 386 g/mol. The van der Waals surface area contributed by atoms with Crippen molar-refractivity contribution in [2.75, 3.05) is 11.9 Å². The molecule has 2 N–H and O–H groups in total. The van der Waals surface area contributed by atoms with Crippen LogP contribution in [0.15, 0.2) is 28.0 Å². The molecule has 0 aliphatic carbocycles. The number of carbonyl (C=O) groups is 1. The van der Waals surface area contributed by atoms with Crippen LogP contribution >= 0.6 is 0 Å². The van der Waals surface area contributed by atoms with Crippen LogP contribution in [-0.2, 0) is 38.4 Å². The van der Waals surface area contributed by atoms with Gasteiger partial charge in [0.1, 0.15) is 12.4 Å². The average Bonchev–Trinajstić information content (AvgIpc) is 3.08. The molecule has 0 bridgehead atoms. The minimum Gasteiger partial charge on any atom is -0.328 e. The Kier molecular flexibility index (Phi) is 4.34. The van der Waals surface area contributed by atoms with E-state index in [0.29, 0.717) is 25.1 Å². The Morgan fingerprint density at radius 1 is 1.32 bits per heavy atom. The topological polar surface area (TPSA) is 103 Å².